The molecule has 0 aliphatic carbocycles. The van der Waals surface area contributed by atoms with Crippen molar-refractivity contribution in [3.63, 3.8) is 0 Å². The van der Waals surface area contributed by atoms with Gasteiger partial charge < -0.3 is 10.4 Å². The summed E-state index contributed by atoms with van der Waals surface area (Å²) in [7, 11) is 0. The second-order valence-electron chi connectivity index (χ2n) is 5.39. The lowest BCUT2D eigenvalue weighted by Crippen LogP contribution is -2.35. The zero-order valence-electron chi connectivity index (χ0n) is 11.3. The van der Waals surface area contributed by atoms with Crippen molar-refractivity contribution in [3.8, 4) is 0 Å². The van der Waals surface area contributed by atoms with Crippen LogP contribution in [0, 0.1) is 17.8 Å². The summed E-state index contributed by atoms with van der Waals surface area (Å²) in [5.41, 5.74) is 0. The summed E-state index contributed by atoms with van der Waals surface area (Å²) in [5.74, 6) is 1.28. The molecule has 0 aromatic heterocycles. The Bertz CT molecular complexity index is 194. The van der Waals surface area contributed by atoms with Crippen LogP contribution in [0.3, 0.4) is 0 Å². The first-order valence-electron chi connectivity index (χ1n) is 6.29. The van der Waals surface area contributed by atoms with E-state index in [1.165, 1.54) is 0 Å². The Morgan fingerprint density at radius 1 is 1.12 bits per heavy atom. The van der Waals surface area contributed by atoms with Gasteiger partial charge in [0, 0.05) is 12.5 Å². The highest BCUT2D eigenvalue weighted by Gasteiger charge is 2.17. The third-order valence-electron chi connectivity index (χ3n) is 3.21. The average molecular weight is 229 g/mol. The van der Waals surface area contributed by atoms with Crippen molar-refractivity contribution >= 4 is 5.97 Å². The van der Waals surface area contributed by atoms with Crippen molar-refractivity contribution in [2.45, 2.75) is 53.5 Å². The van der Waals surface area contributed by atoms with Crippen LogP contribution in [0.4, 0.5) is 0 Å². The second kappa shape index (κ2) is 7.66. The Balaban J connectivity index is 3.87. The Kier molecular flexibility index (Phi) is 7.39. The number of carbonyl (C=O) groups is 1. The number of carboxylic acids is 1. The Labute approximate surface area is 99.6 Å². The SMILES string of the molecule is CC(CCC(=O)O)NCC(C(C)C)C(C)C. The molecule has 0 aromatic carbocycles. The summed E-state index contributed by atoms with van der Waals surface area (Å²) in [4.78, 5) is 10.4. The third-order valence-corrected chi connectivity index (χ3v) is 3.21. The van der Waals surface area contributed by atoms with E-state index in [0.717, 1.165) is 6.54 Å². The van der Waals surface area contributed by atoms with E-state index in [0.29, 0.717) is 24.2 Å². The first-order chi connectivity index (χ1) is 7.34. The molecule has 2 N–H and O–H groups in total. The average Bonchev–Trinajstić information content (AvgIpc) is 2.13. The zero-order chi connectivity index (χ0) is 12.7. The molecule has 0 fully saturated rings. The highest BCUT2D eigenvalue weighted by molar-refractivity contribution is 5.66. The molecule has 0 radical (unpaired) electrons. The fourth-order valence-electron chi connectivity index (χ4n) is 2.02. The van der Waals surface area contributed by atoms with Gasteiger partial charge in [0.2, 0.25) is 0 Å². The Hall–Kier alpha value is -0.570. The van der Waals surface area contributed by atoms with Gasteiger partial charge in [0.25, 0.3) is 0 Å². The van der Waals surface area contributed by atoms with Crippen LogP contribution < -0.4 is 5.32 Å². The highest BCUT2D eigenvalue weighted by atomic mass is 16.4. The molecule has 1 unspecified atom stereocenters. The van der Waals surface area contributed by atoms with E-state index in [9.17, 15) is 4.79 Å². The smallest absolute Gasteiger partial charge is 0.303 e. The van der Waals surface area contributed by atoms with Crippen LogP contribution in [0.1, 0.15) is 47.5 Å². The minimum absolute atomic E-state index is 0.252. The number of hydrogen-bond acceptors (Lipinski definition) is 2. The van der Waals surface area contributed by atoms with Crippen molar-refractivity contribution < 1.29 is 9.90 Å². The molecule has 0 saturated carbocycles. The van der Waals surface area contributed by atoms with Crippen LogP contribution in [-0.4, -0.2) is 23.7 Å². The highest BCUT2D eigenvalue weighted by Crippen LogP contribution is 2.19. The second-order valence-corrected chi connectivity index (χ2v) is 5.39. The van der Waals surface area contributed by atoms with E-state index in [4.69, 9.17) is 5.11 Å². The van der Waals surface area contributed by atoms with Gasteiger partial charge in [-0.05, 0) is 37.6 Å². The van der Waals surface area contributed by atoms with Crippen molar-refractivity contribution in [2.75, 3.05) is 6.54 Å². The molecule has 0 heterocycles. The lowest BCUT2D eigenvalue weighted by atomic mass is 9.85. The predicted octanol–water partition coefficient (Wildman–Crippen LogP) is 2.76. The van der Waals surface area contributed by atoms with Crippen LogP contribution in [0.25, 0.3) is 0 Å². The van der Waals surface area contributed by atoms with Gasteiger partial charge in [-0.15, -0.1) is 0 Å². The zero-order valence-corrected chi connectivity index (χ0v) is 11.3. The molecule has 0 aliphatic heterocycles. The largest absolute Gasteiger partial charge is 0.481 e. The maximum atomic E-state index is 10.4. The van der Waals surface area contributed by atoms with Crippen molar-refractivity contribution in [1.29, 1.82) is 0 Å². The molecular weight excluding hydrogens is 202 g/mol. The number of nitrogens with one attached hydrogen (secondary N) is 1. The molecule has 0 bridgehead atoms. The summed E-state index contributed by atoms with van der Waals surface area (Å²) >= 11 is 0. The van der Waals surface area contributed by atoms with Gasteiger partial charge >= 0.3 is 5.97 Å². The molecule has 0 rings (SSSR count). The van der Waals surface area contributed by atoms with Crippen molar-refractivity contribution in [3.05, 3.63) is 0 Å². The molecule has 0 aromatic rings. The molecular formula is C13H27NO2. The summed E-state index contributed by atoms with van der Waals surface area (Å²) in [5, 5.41) is 12.0. The summed E-state index contributed by atoms with van der Waals surface area (Å²) < 4.78 is 0. The minimum atomic E-state index is -0.710. The molecule has 0 amide bonds. The van der Waals surface area contributed by atoms with E-state index < -0.39 is 5.97 Å². The molecule has 3 nitrogen and oxygen atoms in total. The number of hydrogen-bond donors (Lipinski definition) is 2. The predicted molar refractivity (Wildman–Crippen MR) is 67.5 cm³/mol. The molecule has 0 spiro atoms. The van der Waals surface area contributed by atoms with Gasteiger partial charge in [-0.1, -0.05) is 27.7 Å². The number of carboxylic acid groups (broad SMARTS) is 1. The minimum Gasteiger partial charge on any atom is -0.481 e. The normalized spacial score (nSPS) is 13.8. The first-order valence-corrected chi connectivity index (χ1v) is 6.29. The van der Waals surface area contributed by atoms with Crippen LogP contribution in [-0.2, 0) is 4.79 Å². The van der Waals surface area contributed by atoms with Gasteiger partial charge in [0.1, 0.15) is 0 Å². The number of rotatable bonds is 8. The van der Waals surface area contributed by atoms with E-state index >= 15 is 0 Å². The maximum absolute atomic E-state index is 10.4. The third kappa shape index (κ3) is 6.83. The van der Waals surface area contributed by atoms with Crippen molar-refractivity contribution in [2.24, 2.45) is 17.8 Å². The van der Waals surface area contributed by atoms with E-state index in [1.807, 2.05) is 0 Å². The fraction of sp³-hybridized carbons (Fsp3) is 0.923. The lowest BCUT2D eigenvalue weighted by molar-refractivity contribution is -0.137. The number of aliphatic carboxylic acids is 1. The van der Waals surface area contributed by atoms with Crippen LogP contribution in [0.15, 0.2) is 0 Å². The topological polar surface area (TPSA) is 49.3 Å². The summed E-state index contributed by atoms with van der Waals surface area (Å²) in [6.07, 6.45) is 0.959. The molecule has 1 atom stereocenters. The Morgan fingerprint density at radius 2 is 1.62 bits per heavy atom. The van der Waals surface area contributed by atoms with Gasteiger partial charge in [-0.2, -0.15) is 0 Å². The first kappa shape index (κ1) is 15.4. The Morgan fingerprint density at radius 3 is 2.00 bits per heavy atom. The lowest BCUT2D eigenvalue weighted by Gasteiger charge is -2.27. The fourth-order valence-corrected chi connectivity index (χ4v) is 2.02. The van der Waals surface area contributed by atoms with E-state index in [1.54, 1.807) is 0 Å². The van der Waals surface area contributed by atoms with Gasteiger partial charge in [-0.3, -0.25) is 4.79 Å². The molecule has 0 saturated heterocycles. The van der Waals surface area contributed by atoms with E-state index in [-0.39, 0.29) is 12.5 Å². The van der Waals surface area contributed by atoms with Crippen LogP contribution >= 0.6 is 0 Å². The maximum Gasteiger partial charge on any atom is 0.303 e. The molecule has 3 heteroatoms. The van der Waals surface area contributed by atoms with Gasteiger partial charge in [0.15, 0.2) is 0 Å². The van der Waals surface area contributed by atoms with Gasteiger partial charge in [0.05, 0.1) is 0 Å². The van der Waals surface area contributed by atoms with Crippen LogP contribution in [0.5, 0.6) is 0 Å². The molecule has 96 valence electrons. The van der Waals surface area contributed by atoms with Crippen LogP contribution in [0.2, 0.25) is 0 Å². The summed E-state index contributed by atoms with van der Waals surface area (Å²) in [6, 6.07) is 0.288. The van der Waals surface area contributed by atoms with E-state index in [2.05, 4.69) is 39.9 Å². The standard InChI is InChI=1S/C13H27NO2/c1-9(2)12(10(3)4)8-14-11(5)6-7-13(15)16/h9-12,14H,6-8H2,1-5H3,(H,15,16). The molecule has 16 heavy (non-hydrogen) atoms. The monoisotopic (exact) mass is 229 g/mol. The molecule has 0 aliphatic rings. The quantitative estimate of drug-likeness (QED) is 0.673. The van der Waals surface area contributed by atoms with Gasteiger partial charge in [-0.25, -0.2) is 0 Å². The van der Waals surface area contributed by atoms with Crippen molar-refractivity contribution in [1.82, 2.24) is 5.32 Å². The summed E-state index contributed by atoms with van der Waals surface area (Å²) in [6.45, 7) is 12.0.